The van der Waals surface area contributed by atoms with Crippen molar-refractivity contribution >= 4 is 38.9 Å². The third-order valence-electron chi connectivity index (χ3n) is 6.73. The summed E-state index contributed by atoms with van der Waals surface area (Å²) in [5.74, 6) is 0. The summed E-state index contributed by atoms with van der Waals surface area (Å²) in [7, 11) is 0. The topological polar surface area (TPSA) is 19.0 Å². The highest BCUT2D eigenvalue weighted by molar-refractivity contribution is 6.15. The van der Waals surface area contributed by atoms with E-state index in [1.807, 2.05) is 0 Å². The molecule has 0 aliphatic heterocycles. The van der Waals surface area contributed by atoms with Gasteiger partial charge in [0.15, 0.2) is 0 Å². The van der Waals surface area contributed by atoms with Gasteiger partial charge >= 0.3 is 0 Å². The van der Waals surface area contributed by atoms with Gasteiger partial charge in [-0.15, -0.1) is 0 Å². The predicted octanol–water partition coefficient (Wildman–Crippen LogP) is 9.39. The standard InChI is InChI=1S/C32H34N2/c1-31(2,3)22-14-18-24(19-15-22)34(25-20-16-23(17-21-25)32(4,5)6)29-13-9-12-28-30(29)26-10-7-8-11-27(26)33-28/h7-21,33H,1-6H3. The van der Waals surface area contributed by atoms with Gasteiger partial charge in [-0.05, 0) is 64.4 Å². The van der Waals surface area contributed by atoms with Crippen molar-refractivity contribution in [1.82, 2.24) is 4.98 Å². The number of para-hydroxylation sites is 1. The molecular formula is C32H34N2. The molecule has 0 saturated heterocycles. The summed E-state index contributed by atoms with van der Waals surface area (Å²) in [6, 6.07) is 33.2. The number of aromatic amines is 1. The van der Waals surface area contributed by atoms with Crippen LogP contribution in [0, 0.1) is 0 Å². The molecule has 0 saturated carbocycles. The summed E-state index contributed by atoms with van der Waals surface area (Å²) in [5.41, 5.74) is 8.74. The lowest BCUT2D eigenvalue weighted by Gasteiger charge is -2.28. The molecule has 0 amide bonds. The van der Waals surface area contributed by atoms with Crippen LogP contribution in [0.25, 0.3) is 21.8 Å². The smallest absolute Gasteiger partial charge is 0.0561 e. The Morgan fingerprint density at radius 1 is 0.529 bits per heavy atom. The van der Waals surface area contributed by atoms with Gasteiger partial charge in [0.1, 0.15) is 0 Å². The number of nitrogens with zero attached hydrogens (tertiary/aromatic N) is 1. The summed E-state index contributed by atoms with van der Waals surface area (Å²) in [6.07, 6.45) is 0. The minimum absolute atomic E-state index is 0.120. The fourth-order valence-corrected chi connectivity index (χ4v) is 4.72. The highest BCUT2D eigenvalue weighted by atomic mass is 15.1. The van der Waals surface area contributed by atoms with E-state index in [-0.39, 0.29) is 10.8 Å². The van der Waals surface area contributed by atoms with Gasteiger partial charge in [-0.25, -0.2) is 0 Å². The van der Waals surface area contributed by atoms with Crippen LogP contribution in [-0.2, 0) is 10.8 Å². The normalized spacial score (nSPS) is 12.4. The van der Waals surface area contributed by atoms with Crippen LogP contribution in [0.3, 0.4) is 0 Å². The molecule has 0 bridgehead atoms. The lowest BCUT2D eigenvalue weighted by Crippen LogP contribution is -2.14. The van der Waals surface area contributed by atoms with Gasteiger partial charge in [-0.3, -0.25) is 0 Å². The number of hydrogen-bond donors (Lipinski definition) is 1. The summed E-state index contributed by atoms with van der Waals surface area (Å²) >= 11 is 0. The molecule has 1 N–H and O–H groups in total. The highest BCUT2D eigenvalue weighted by Gasteiger charge is 2.20. The van der Waals surface area contributed by atoms with Crippen LogP contribution in [0.2, 0.25) is 0 Å². The maximum atomic E-state index is 3.61. The zero-order chi connectivity index (χ0) is 24.1. The Hall–Kier alpha value is -3.52. The van der Waals surface area contributed by atoms with Crippen molar-refractivity contribution < 1.29 is 0 Å². The van der Waals surface area contributed by atoms with E-state index in [9.17, 15) is 0 Å². The van der Waals surface area contributed by atoms with E-state index in [4.69, 9.17) is 0 Å². The second-order valence-electron chi connectivity index (χ2n) is 11.3. The second kappa shape index (κ2) is 8.06. The molecule has 5 aromatic rings. The highest BCUT2D eigenvalue weighted by Crippen LogP contribution is 2.42. The molecule has 2 heteroatoms. The Kier molecular flexibility index (Phi) is 5.28. The van der Waals surface area contributed by atoms with Crippen molar-refractivity contribution in [3.8, 4) is 0 Å². The van der Waals surface area contributed by atoms with Gasteiger partial charge in [-0.1, -0.05) is 90.1 Å². The number of rotatable bonds is 3. The van der Waals surface area contributed by atoms with Gasteiger partial charge in [0.25, 0.3) is 0 Å². The van der Waals surface area contributed by atoms with E-state index in [0.29, 0.717) is 0 Å². The van der Waals surface area contributed by atoms with Crippen LogP contribution < -0.4 is 4.90 Å². The maximum Gasteiger partial charge on any atom is 0.0561 e. The van der Waals surface area contributed by atoms with E-state index in [1.54, 1.807) is 0 Å². The number of anilines is 3. The predicted molar refractivity (Wildman–Crippen MR) is 148 cm³/mol. The SMILES string of the molecule is CC(C)(C)c1ccc(N(c2ccc(C(C)(C)C)cc2)c2cccc3[nH]c4ccccc4c23)cc1. The molecule has 0 aliphatic carbocycles. The van der Waals surface area contributed by atoms with Crippen LogP contribution in [-0.4, -0.2) is 4.98 Å². The molecule has 0 unspecified atom stereocenters. The van der Waals surface area contributed by atoms with Crippen molar-refractivity contribution in [2.24, 2.45) is 0 Å². The zero-order valence-electron chi connectivity index (χ0n) is 21.1. The number of aromatic nitrogens is 1. The molecule has 1 heterocycles. The average Bonchev–Trinajstić information content (AvgIpc) is 3.18. The molecular weight excluding hydrogens is 412 g/mol. The molecule has 4 aromatic carbocycles. The van der Waals surface area contributed by atoms with Crippen LogP contribution in [0.15, 0.2) is 91.0 Å². The van der Waals surface area contributed by atoms with Gasteiger partial charge < -0.3 is 9.88 Å². The summed E-state index contributed by atoms with van der Waals surface area (Å²) in [4.78, 5) is 6.00. The maximum absolute atomic E-state index is 3.61. The molecule has 5 rings (SSSR count). The van der Waals surface area contributed by atoms with Crippen molar-refractivity contribution in [1.29, 1.82) is 0 Å². The van der Waals surface area contributed by atoms with Crippen LogP contribution in [0.4, 0.5) is 17.1 Å². The lowest BCUT2D eigenvalue weighted by atomic mass is 9.86. The molecule has 172 valence electrons. The molecule has 0 atom stereocenters. The molecule has 2 nitrogen and oxygen atoms in total. The number of fused-ring (bicyclic) bond motifs is 3. The lowest BCUT2D eigenvalue weighted by molar-refractivity contribution is 0.590. The van der Waals surface area contributed by atoms with E-state index >= 15 is 0 Å². The number of benzene rings is 4. The fourth-order valence-electron chi connectivity index (χ4n) is 4.72. The Labute approximate surface area is 203 Å². The zero-order valence-corrected chi connectivity index (χ0v) is 21.1. The number of nitrogens with one attached hydrogen (secondary N) is 1. The first-order valence-electron chi connectivity index (χ1n) is 12.1. The van der Waals surface area contributed by atoms with Gasteiger partial charge in [0.05, 0.1) is 5.69 Å². The summed E-state index contributed by atoms with van der Waals surface area (Å²) in [5, 5.41) is 2.49. The minimum Gasteiger partial charge on any atom is -0.354 e. The Balaban J connectivity index is 1.74. The van der Waals surface area contributed by atoms with Gasteiger partial charge in [-0.2, -0.15) is 0 Å². The summed E-state index contributed by atoms with van der Waals surface area (Å²) in [6.45, 7) is 13.6. The largest absolute Gasteiger partial charge is 0.354 e. The van der Waals surface area contributed by atoms with E-state index in [2.05, 4.69) is 142 Å². The fraction of sp³-hybridized carbons (Fsp3) is 0.250. The van der Waals surface area contributed by atoms with Crippen LogP contribution >= 0.6 is 0 Å². The number of H-pyrrole nitrogens is 1. The molecule has 0 radical (unpaired) electrons. The first-order chi connectivity index (χ1) is 16.1. The number of hydrogen-bond acceptors (Lipinski definition) is 1. The van der Waals surface area contributed by atoms with Crippen molar-refractivity contribution in [2.75, 3.05) is 4.90 Å². The third-order valence-corrected chi connectivity index (χ3v) is 6.73. The van der Waals surface area contributed by atoms with Crippen molar-refractivity contribution in [3.05, 3.63) is 102 Å². The second-order valence-corrected chi connectivity index (χ2v) is 11.3. The monoisotopic (exact) mass is 446 g/mol. The molecule has 0 fully saturated rings. The Morgan fingerprint density at radius 3 is 1.56 bits per heavy atom. The summed E-state index contributed by atoms with van der Waals surface area (Å²) < 4.78 is 0. The quantitative estimate of drug-likeness (QED) is 0.292. The first kappa shape index (κ1) is 22.3. The van der Waals surface area contributed by atoms with Crippen molar-refractivity contribution in [2.45, 2.75) is 52.4 Å². The van der Waals surface area contributed by atoms with E-state index < -0.39 is 0 Å². The molecule has 0 aliphatic rings. The van der Waals surface area contributed by atoms with E-state index in [1.165, 1.54) is 27.6 Å². The Morgan fingerprint density at radius 2 is 1.03 bits per heavy atom. The molecule has 0 spiro atoms. The van der Waals surface area contributed by atoms with Crippen LogP contribution in [0.1, 0.15) is 52.7 Å². The average molecular weight is 447 g/mol. The van der Waals surface area contributed by atoms with E-state index in [0.717, 1.165) is 22.4 Å². The van der Waals surface area contributed by atoms with Gasteiger partial charge in [0, 0.05) is 33.2 Å². The Bertz CT molecular complexity index is 1380. The molecule has 1 aromatic heterocycles. The minimum atomic E-state index is 0.120. The van der Waals surface area contributed by atoms with Crippen LogP contribution in [0.5, 0.6) is 0 Å². The molecule has 34 heavy (non-hydrogen) atoms. The third kappa shape index (κ3) is 3.98. The van der Waals surface area contributed by atoms with Crippen molar-refractivity contribution in [3.63, 3.8) is 0 Å². The van der Waals surface area contributed by atoms with Gasteiger partial charge in [0.2, 0.25) is 0 Å². The first-order valence-corrected chi connectivity index (χ1v) is 12.1.